The summed E-state index contributed by atoms with van der Waals surface area (Å²) in [5.41, 5.74) is 0. The predicted octanol–water partition coefficient (Wildman–Crippen LogP) is 0.644. The van der Waals surface area contributed by atoms with Crippen LogP contribution in [0.1, 0.15) is 26.7 Å². The quantitative estimate of drug-likeness (QED) is 0.763. The summed E-state index contributed by atoms with van der Waals surface area (Å²) in [4.78, 5) is 26.1. The Labute approximate surface area is 114 Å². The number of rotatable bonds is 3. The number of amides is 1. The Morgan fingerprint density at radius 1 is 1.37 bits per heavy atom. The topological polar surface area (TPSA) is 58.6 Å². The van der Waals surface area contributed by atoms with E-state index in [1.807, 2.05) is 11.8 Å². The molecule has 108 valence electrons. The van der Waals surface area contributed by atoms with Gasteiger partial charge in [-0.25, -0.2) is 0 Å². The average molecular weight is 268 g/mol. The van der Waals surface area contributed by atoms with Crippen LogP contribution in [0.3, 0.4) is 0 Å². The van der Waals surface area contributed by atoms with Crippen LogP contribution in [0.15, 0.2) is 0 Å². The average Bonchev–Trinajstić information content (AvgIpc) is 2.84. The second-order valence-electron chi connectivity index (χ2n) is 5.62. The largest absolute Gasteiger partial charge is 0.466 e. The number of nitrogens with zero attached hydrogens (tertiary/aromatic N) is 1. The van der Waals surface area contributed by atoms with Gasteiger partial charge in [0.1, 0.15) is 0 Å². The predicted molar refractivity (Wildman–Crippen MR) is 71.5 cm³/mol. The van der Waals surface area contributed by atoms with E-state index in [2.05, 4.69) is 12.2 Å². The van der Waals surface area contributed by atoms with Gasteiger partial charge in [-0.05, 0) is 32.2 Å². The molecule has 0 aromatic heterocycles. The number of nitrogens with one attached hydrogen (secondary N) is 1. The Bertz CT molecular complexity index is 346. The summed E-state index contributed by atoms with van der Waals surface area (Å²) in [5, 5.41) is 3.26. The Morgan fingerprint density at radius 2 is 2.16 bits per heavy atom. The number of ether oxygens (including phenoxy) is 1. The van der Waals surface area contributed by atoms with E-state index in [-0.39, 0.29) is 23.7 Å². The van der Waals surface area contributed by atoms with Crippen LogP contribution in [0, 0.1) is 17.8 Å². The van der Waals surface area contributed by atoms with Gasteiger partial charge in [-0.15, -0.1) is 0 Å². The van der Waals surface area contributed by atoms with Crippen LogP contribution in [0.5, 0.6) is 0 Å². The molecule has 0 aromatic rings. The van der Waals surface area contributed by atoms with Crippen LogP contribution >= 0.6 is 0 Å². The fraction of sp³-hybridized carbons (Fsp3) is 0.857. The molecule has 2 aliphatic rings. The molecule has 2 rings (SSSR count). The van der Waals surface area contributed by atoms with E-state index in [9.17, 15) is 9.59 Å². The zero-order valence-corrected chi connectivity index (χ0v) is 11.9. The fourth-order valence-corrected chi connectivity index (χ4v) is 3.00. The lowest BCUT2D eigenvalue weighted by atomic mass is 9.93. The van der Waals surface area contributed by atoms with Crippen molar-refractivity contribution >= 4 is 11.9 Å². The van der Waals surface area contributed by atoms with Crippen LogP contribution in [0.2, 0.25) is 0 Å². The molecule has 1 unspecified atom stereocenters. The Hall–Kier alpha value is -1.10. The van der Waals surface area contributed by atoms with E-state index in [0.717, 1.165) is 32.5 Å². The van der Waals surface area contributed by atoms with Gasteiger partial charge in [0.15, 0.2) is 0 Å². The van der Waals surface area contributed by atoms with Crippen molar-refractivity contribution in [2.75, 3.05) is 32.8 Å². The van der Waals surface area contributed by atoms with Crippen molar-refractivity contribution in [1.82, 2.24) is 10.2 Å². The highest BCUT2D eigenvalue weighted by molar-refractivity contribution is 5.81. The summed E-state index contributed by atoms with van der Waals surface area (Å²) >= 11 is 0. The molecule has 1 amide bonds. The van der Waals surface area contributed by atoms with Crippen LogP contribution in [0.4, 0.5) is 0 Å². The molecule has 0 aliphatic carbocycles. The number of piperidine rings is 1. The molecule has 19 heavy (non-hydrogen) atoms. The summed E-state index contributed by atoms with van der Waals surface area (Å²) in [6, 6.07) is 0. The maximum Gasteiger partial charge on any atom is 0.310 e. The van der Waals surface area contributed by atoms with Gasteiger partial charge in [0, 0.05) is 19.6 Å². The highest BCUT2D eigenvalue weighted by Gasteiger charge is 2.36. The normalized spacial score (nSPS) is 31.3. The maximum absolute atomic E-state index is 12.5. The Morgan fingerprint density at radius 3 is 2.79 bits per heavy atom. The minimum Gasteiger partial charge on any atom is -0.466 e. The number of carbonyl (C=O) groups is 2. The van der Waals surface area contributed by atoms with Crippen LogP contribution in [-0.4, -0.2) is 49.6 Å². The second-order valence-corrected chi connectivity index (χ2v) is 5.62. The van der Waals surface area contributed by atoms with E-state index >= 15 is 0 Å². The third kappa shape index (κ3) is 3.26. The molecule has 0 radical (unpaired) electrons. The molecule has 2 aliphatic heterocycles. The van der Waals surface area contributed by atoms with Crippen molar-refractivity contribution in [3.8, 4) is 0 Å². The monoisotopic (exact) mass is 268 g/mol. The third-order valence-electron chi connectivity index (χ3n) is 4.19. The number of hydrogen-bond acceptors (Lipinski definition) is 4. The van der Waals surface area contributed by atoms with E-state index in [1.54, 1.807) is 0 Å². The smallest absolute Gasteiger partial charge is 0.310 e. The minimum atomic E-state index is -0.155. The molecule has 0 aromatic carbocycles. The molecule has 5 heteroatoms. The molecule has 0 bridgehead atoms. The molecule has 2 fully saturated rings. The lowest BCUT2D eigenvalue weighted by Crippen LogP contribution is -2.46. The molecule has 0 spiro atoms. The lowest BCUT2D eigenvalue weighted by Gasteiger charge is -2.33. The minimum absolute atomic E-state index is 0.0703. The maximum atomic E-state index is 12.5. The standard InChI is InChI=1S/C14H24N2O3/c1-3-19-14(18)11-5-4-6-16(9-11)13(17)12-8-15-7-10(12)2/h10-12,15H,3-9H2,1-2H3/t10-,11?,12-/m1/s1. The van der Waals surface area contributed by atoms with Gasteiger partial charge in [0.05, 0.1) is 18.4 Å². The van der Waals surface area contributed by atoms with Crippen molar-refractivity contribution < 1.29 is 14.3 Å². The second kappa shape index (κ2) is 6.37. The lowest BCUT2D eigenvalue weighted by molar-refractivity contribution is -0.152. The molecule has 0 saturated carbocycles. The van der Waals surface area contributed by atoms with Gasteiger partial charge in [0.25, 0.3) is 0 Å². The molecule has 1 N–H and O–H groups in total. The first-order valence-corrected chi connectivity index (χ1v) is 7.29. The van der Waals surface area contributed by atoms with Crippen molar-refractivity contribution in [2.45, 2.75) is 26.7 Å². The van der Waals surface area contributed by atoms with Crippen LogP contribution < -0.4 is 5.32 Å². The molecule has 3 atom stereocenters. The van der Waals surface area contributed by atoms with E-state index in [4.69, 9.17) is 4.74 Å². The SMILES string of the molecule is CCOC(=O)C1CCCN(C(=O)[C@@H]2CNC[C@H]2C)C1. The van der Waals surface area contributed by atoms with Gasteiger partial charge in [0.2, 0.25) is 5.91 Å². The number of hydrogen-bond donors (Lipinski definition) is 1. The first-order chi connectivity index (χ1) is 9.13. The molecule has 2 heterocycles. The summed E-state index contributed by atoms with van der Waals surface area (Å²) in [6.45, 7) is 7.31. The zero-order valence-electron chi connectivity index (χ0n) is 11.9. The first kappa shape index (κ1) is 14.3. The van der Waals surface area contributed by atoms with E-state index in [0.29, 0.717) is 19.1 Å². The van der Waals surface area contributed by atoms with Gasteiger partial charge < -0.3 is 15.0 Å². The summed E-state index contributed by atoms with van der Waals surface area (Å²) in [7, 11) is 0. The summed E-state index contributed by atoms with van der Waals surface area (Å²) in [5.74, 6) is 0.364. The Kier molecular flexibility index (Phi) is 4.80. The van der Waals surface area contributed by atoms with Crippen molar-refractivity contribution in [1.29, 1.82) is 0 Å². The zero-order chi connectivity index (χ0) is 13.8. The molecular weight excluding hydrogens is 244 g/mol. The van der Waals surface area contributed by atoms with Gasteiger partial charge in [-0.2, -0.15) is 0 Å². The molecule has 5 nitrogen and oxygen atoms in total. The van der Waals surface area contributed by atoms with Crippen LogP contribution in [0.25, 0.3) is 0 Å². The first-order valence-electron chi connectivity index (χ1n) is 7.29. The number of likely N-dealkylation sites (tertiary alicyclic amines) is 1. The number of esters is 1. The third-order valence-corrected chi connectivity index (χ3v) is 4.19. The van der Waals surface area contributed by atoms with Crippen molar-refractivity contribution in [2.24, 2.45) is 17.8 Å². The van der Waals surface area contributed by atoms with Gasteiger partial charge in [-0.3, -0.25) is 9.59 Å². The van der Waals surface area contributed by atoms with Crippen LogP contribution in [-0.2, 0) is 14.3 Å². The highest BCUT2D eigenvalue weighted by Crippen LogP contribution is 2.23. The van der Waals surface area contributed by atoms with E-state index in [1.165, 1.54) is 0 Å². The summed E-state index contributed by atoms with van der Waals surface area (Å²) in [6.07, 6.45) is 1.73. The molecule has 2 saturated heterocycles. The number of carbonyl (C=O) groups excluding carboxylic acids is 2. The molecular formula is C14H24N2O3. The van der Waals surface area contributed by atoms with E-state index < -0.39 is 0 Å². The van der Waals surface area contributed by atoms with Gasteiger partial charge in [-0.1, -0.05) is 6.92 Å². The van der Waals surface area contributed by atoms with Crippen molar-refractivity contribution in [3.05, 3.63) is 0 Å². The fourth-order valence-electron chi connectivity index (χ4n) is 3.00. The highest BCUT2D eigenvalue weighted by atomic mass is 16.5. The van der Waals surface area contributed by atoms with Gasteiger partial charge >= 0.3 is 5.97 Å². The summed E-state index contributed by atoms with van der Waals surface area (Å²) < 4.78 is 5.07. The Balaban J connectivity index is 1.93. The van der Waals surface area contributed by atoms with Crippen molar-refractivity contribution in [3.63, 3.8) is 0 Å².